The highest BCUT2D eigenvalue weighted by molar-refractivity contribution is 7.19. The van der Waals surface area contributed by atoms with Crippen LogP contribution in [0.25, 0.3) is 0 Å². The van der Waals surface area contributed by atoms with E-state index >= 15 is 0 Å². The van der Waals surface area contributed by atoms with Crippen LogP contribution in [0.4, 0.5) is 10.7 Å². The van der Waals surface area contributed by atoms with Crippen LogP contribution in [-0.2, 0) is 0 Å². The summed E-state index contributed by atoms with van der Waals surface area (Å²) in [5.74, 6) is -0.0472. The highest BCUT2D eigenvalue weighted by atomic mass is 32.1. The molecule has 7 heteroatoms. The number of amides is 1. The molecule has 0 fully saturated rings. The van der Waals surface area contributed by atoms with Gasteiger partial charge in [-0.05, 0) is 14.1 Å². The van der Waals surface area contributed by atoms with Crippen LogP contribution in [-0.4, -0.2) is 45.1 Å². The van der Waals surface area contributed by atoms with Gasteiger partial charge in [-0.1, -0.05) is 0 Å². The van der Waals surface area contributed by atoms with E-state index in [-0.39, 0.29) is 0 Å². The maximum absolute atomic E-state index is 11.1. The monoisotopic (exact) mass is 258 g/mol. The molecule has 1 aromatic heterocycles. The summed E-state index contributed by atoms with van der Waals surface area (Å²) in [4.78, 5) is 13.5. The van der Waals surface area contributed by atoms with E-state index in [0.717, 1.165) is 18.1 Å². The van der Waals surface area contributed by atoms with Gasteiger partial charge in [-0.3, -0.25) is 4.79 Å². The fraction of sp³-hybridized carbons (Fsp3) is 0.500. The summed E-state index contributed by atoms with van der Waals surface area (Å²) in [6.07, 6.45) is 0. The number of nitrogen functional groups attached to an aromatic ring is 1. The quantitative estimate of drug-likeness (QED) is 0.687. The van der Waals surface area contributed by atoms with Crippen molar-refractivity contribution in [1.29, 1.82) is 0 Å². The summed E-state index contributed by atoms with van der Waals surface area (Å²) >= 11 is 1.22. The number of methoxy groups -OCH3 is 1. The van der Waals surface area contributed by atoms with E-state index in [1.807, 2.05) is 19.0 Å². The smallest absolute Gasteiger partial charge is 0.261 e. The summed E-state index contributed by atoms with van der Waals surface area (Å²) < 4.78 is 5.17. The first-order valence-electron chi connectivity index (χ1n) is 5.12. The number of carbonyl (C=O) groups excluding carboxylic acids is 1. The number of ether oxygens (including phenoxy) is 1. The fourth-order valence-electron chi connectivity index (χ4n) is 1.32. The number of hydrogen-bond donors (Lipinski definition) is 3. The fourth-order valence-corrected chi connectivity index (χ4v) is 2.29. The molecule has 0 spiro atoms. The first-order valence-corrected chi connectivity index (χ1v) is 5.93. The van der Waals surface area contributed by atoms with Gasteiger partial charge in [0.2, 0.25) is 0 Å². The lowest BCUT2D eigenvalue weighted by Gasteiger charge is -2.11. The Labute approximate surface area is 105 Å². The summed E-state index contributed by atoms with van der Waals surface area (Å²) in [6.45, 7) is 1.61. The third-order valence-corrected chi connectivity index (χ3v) is 3.33. The summed E-state index contributed by atoms with van der Waals surface area (Å²) in [7, 11) is 5.48. The summed E-state index contributed by atoms with van der Waals surface area (Å²) in [5, 5.41) is 3.91. The van der Waals surface area contributed by atoms with E-state index in [1.54, 1.807) is 0 Å². The highest BCUT2D eigenvalue weighted by Gasteiger charge is 2.19. The lowest BCUT2D eigenvalue weighted by atomic mass is 10.3. The van der Waals surface area contributed by atoms with Crippen molar-refractivity contribution in [3.63, 3.8) is 0 Å². The first kappa shape index (κ1) is 13.6. The van der Waals surface area contributed by atoms with Gasteiger partial charge in [0.15, 0.2) is 5.75 Å². The minimum Gasteiger partial charge on any atom is -0.492 e. The van der Waals surface area contributed by atoms with Gasteiger partial charge in [-0.2, -0.15) is 0 Å². The molecule has 0 aromatic carbocycles. The van der Waals surface area contributed by atoms with Crippen molar-refractivity contribution in [2.24, 2.45) is 5.73 Å². The Balaban J connectivity index is 2.84. The van der Waals surface area contributed by atoms with E-state index in [9.17, 15) is 4.79 Å². The number of hydrogen-bond acceptors (Lipinski definition) is 6. The molecule has 0 aliphatic rings. The van der Waals surface area contributed by atoms with E-state index in [2.05, 4.69) is 5.32 Å². The number of nitrogens with one attached hydrogen (secondary N) is 1. The number of nitrogens with two attached hydrogens (primary N) is 2. The molecule has 1 amide bonds. The molecular weight excluding hydrogens is 240 g/mol. The van der Waals surface area contributed by atoms with E-state index in [0.29, 0.717) is 16.3 Å². The minimum atomic E-state index is -0.536. The maximum Gasteiger partial charge on any atom is 0.261 e. The molecule has 17 heavy (non-hydrogen) atoms. The normalized spacial score (nSPS) is 10.6. The second-order valence-electron chi connectivity index (χ2n) is 3.80. The van der Waals surface area contributed by atoms with E-state index < -0.39 is 5.91 Å². The van der Waals surface area contributed by atoms with Gasteiger partial charge in [-0.15, -0.1) is 11.3 Å². The van der Waals surface area contributed by atoms with Crippen LogP contribution in [0, 0.1) is 0 Å². The third-order valence-electron chi connectivity index (χ3n) is 2.17. The summed E-state index contributed by atoms with van der Waals surface area (Å²) in [5.41, 5.74) is 11.3. The van der Waals surface area contributed by atoms with Crippen molar-refractivity contribution >= 4 is 27.9 Å². The first-order chi connectivity index (χ1) is 7.97. The molecule has 96 valence electrons. The second kappa shape index (κ2) is 5.74. The van der Waals surface area contributed by atoms with Crippen molar-refractivity contribution in [3.05, 3.63) is 4.88 Å². The number of thiophene rings is 1. The van der Waals surface area contributed by atoms with E-state index in [1.165, 1.54) is 18.4 Å². The number of nitrogens with zero attached hydrogens (tertiary/aromatic N) is 1. The average Bonchev–Trinajstić information content (AvgIpc) is 2.54. The minimum absolute atomic E-state index is 0.303. The Kier molecular flexibility index (Phi) is 4.59. The largest absolute Gasteiger partial charge is 0.492 e. The highest BCUT2D eigenvalue weighted by Crippen LogP contribution is 2.41. The topological polar surface area (TPSA) is 93.6 Å². The molecule has 0 saturated heterocycles. The van der Waals surface area contributed by atoms with Gasteiger partial charge in [0, 0.05) is 13.1 Å². The Morgan fingerprint density at radius 2 is 2.18 bits per heavy atom. The van der Waals surface area contributed by atoms with Crippen LogP contribution in [0.1, 0.15) is 9.67 Å². The lowest BCUT2D eigenvalue weighted by molar-refractivity contribution is 0.100. The van der Waals surface area contributed by atoms with Gasteiger partial charge in [0.1, 0.15) is 15.6 Å². The number of carbonyl (C=O) groups is 1. The van der Waals surface area contributed by atoms with Gasteiger partial charge in [0.25, 0.3) is 5.91 Å². The molecular formula is C10H18N4O2S. The maximum atomic E-state index is 11.1. The molecule has 0 unspecified atom stereocenters. The molecule has 0 bridgehead atoms. The average molecular weight is 258 g/mol. The van der Waals surface area contributed by atoms with Crippen LogP contribution in [0.15, 0.2) is 0 Å². The van der Waals surface area contributed by atoms with Gasteiger partial charge in [0.05, 0.1) is 7.11 Å². The molecule has 5 N–H and O–H groups in total. The van der Waals surface area contributed by atoms with Crippen molar-refractivity contribution in [1.82, 2.24) is 4.90 Å². The molecule has 0 radical (unpaired) electrons. The number of primary amides is 1. The predicted octanol–water partition coefficient (Wildman–Crippen LogP) is 0.411. The van der Waals surface area contributed by atoms with Gasteiger partial charge >= 0.3 is 0 Å². The van der Waals surface area contributed by atoms with E-state index in [4.69, 9.17) is 16.2 Å². The Hall–Kier alpha value is -1.47. The van der Waals surface area contributed by atoms with Crippen LogP contribution < -0.4 is 21.5 Å². The SMILES string of the molecule is COc1c(NCCN(C)C)sc(C(N)=O)c1N. The second-order valence-corrected chi connectivity index (χ2v) is 4.82. The Bertz CT molecular complexity index is 403. The zero-order valence-electron chi connectivity index (χ0n) is 10.2. The standard InChI is InChI=1S/C10H18N4O2S/c1-14(2)5-4-13-10-7(16-3)6(11)8(17-10)9(12)15/h13H,4-5,11H2,1-3H3,(H2,12,15). The number of rotatable bonds is 6. The van der Waals surface area contributed by atoms with Crippen LogP contribution in [0.2, 0.25) is 0 Å². The lowest BCUT2D eigenvalue weighted by Crippen LogP contribution is -2.20. The molecule has 1 heterocycles. The van der Waals surface area contributed by atoms with Gasteiger partial charge in [-0.25, -0.2) is 0 Å². The van der Waals surface area contributed by atoms with Gasteiger partial charge < -0.3 is 26.4 Å². The number of anilines is 2. The summed E-state index contributed by atoms with van der Waals surface area (Å²) in [6, 6.07) is 0. The molecule has 0 saturated carbocycles. The van der Waals surface area contributed by atoms with Crippen molar-refractivity contribution in [3.8, 4) is 5.75 Å². The Morgan fingerprint density at radius 3 is 2.65 bits per heavy atom. The van der Waals surface area contributed by atoms with Crippen LogP contribution in [0.5, 0.6) is 5.75 Å². The molecule has 1 aromatic rings. The van der Waals surface area contributed by atoms with Crippen molar-refractivity contribution in [2.45, 2.75) is 0 Å². The van der Waals surface area contributed by atoms with Crippen LogP contribution in [0.3, 0.4) is 0 Å². The predicted molar refractivity (Wildman–Crippen MR) is 70.8 cm³/mol. The Morgan fingerprint density at radius 1 is 1.53 bits per heavy atom. The number of likely N-dealkylation sites (N-methyl/N-ethyl adjacent to an activating group) is 1. The van der Waals surface area contributed by atoms with Crippen molar-refractivity contribution < 1.29 is 9.53 Å². The van der Waals surface area contributed by atoms with Crippen molar-refractivity contribution in [2.75, 3.05) is 45.3 Å². The molecule has 0 aliphatic carbocycles. The molecule has 0 aliphatic heterocycles. The third kappa shape index (κ3) is 3.24. The molecule has 6 nitrogen and oxygen atoms in total. The zero-order chi connectivity index (χ0) is 13.0. The zero-order valence-corrected chi connectivity index (χ0v) is 11.1. The van der Waals surface area contributed by atoms with Crippen LogP contribution >= 0.6 is 11.3 Å². The molecule has 1 rings (SSSR count). The molecule has 0 atom stereocenters.